The molecule has 0 fully saturated rings. The first-order valence-corrected chi connectivity index (χ1v) is 7.77. The van der Waals surface area contributed by atoms with Crippen molar-refractivity contribution in [3.05, 3.63) is 36.0 Å². The fourth-order valence-electron chi connectivity index (χ4n) is 2.03. The number of carbonyl (C=O) groups is 2. The average molecular weight is 308 g/mol. The molecule has 4 nitrogen and oxygen atoms in total. The number of methoxy groups -OCH3 is 1. The summed E-state index contributed by atoms with van der Waals surface area (Å²) in [4.78, 5) is 22.3. The third kappa shape index (κ3) is 9.97. The minimum atomic E-state index is -1.12. The number of carboxylic acids is 1. The molecule has 1 atom stereocenters. The van der Waals surface area contributed by atoms with Crippen LogP contribution in [0.15, 0.2) is 36.0 Å². The Balaban J connectivity index is 3.97. The van der Waals surface area contributed by atoms with Gasteiger partial charge in [0, 0.05) is 0 Å². The van der Waals surface area contributed by atoms with E-state index < -0.39 is 17.9 Å². The van der Waals surface area contributed by atoms with E-state index in [1.807, 2.05) is 32.1 Å². The molecule has 1 unspecified atom stereocenters. The molecule has 0 spiro atoms. The third-order valence-corrected chi connectivity index (χ3v) is 3.36. The van der Waals surface area contributed by atoms with Crippen molar-refractivity contribution in [3.63, 3.8) is 0 Å². The summed E-state index contributed by atoms with van der Waals surface area (Å²) in [6, 6.07) is 0. The van der Waals surface area contributed by atoms with Crippen molar-refractivity contribution in [3.8, 4) is 0 Å². The highest BCUT2D eigenvalue weighted by molar-refractivity contribution is 5.93. The van der Waals surface area contributed by atoms with E-state index >= 15 is 0 Å². The largest absolute Gasteiger partial charge is 0.481 e. The van der Waals surface area contributed by atoms with Crippen LogP contribution in [0.5, 0.6) is 0 Å². The lowest BCUT2D eigenvalue weighted by Gasteiger charge is -2.08. The molecule has 0 saturated heterocycles. The van der Waals surface area contributed by atoms with Gasteiger partial charge in [-0.2, -0.15) is 0 Å². The van der Waals surface area contributed by atoms with E-state index in [1.54, 1.807) is 0 Å². The van der Waals surface area contributed by atoms with Crippen molar-refractivity contribution >= 4 is 11.9 Å². The molecule has 1 N–H and O–H groups in total. The topological polar surface area (TPSA) is 63.6 Å². The van der Waals surface area contributed by atoms with Crippen LogP contribution in [0.2, 0.25) is 0 Å². The molecule has 0 aliphatic rings. The number of ether oxygens (including phenoxy) is 1. The van der Waals surface area contributed by atoms with Crippen LogP contribution in [0.3, 0.4) is 0 Å². The van der Waals surface area contributed by atoms with E-state index in [4.69, 9.17) is 5.11 Å². The number of esters is 1. The molecule has 0 aromatic rings. The first-order chi connectivity index (χ1) is 10.5. The molecule has 0 heterocycles. The molecule has 0 aliphatic carbocycles. The maximum atomic E-state index is 11.3. The Morgan fingerprint density at radius 1 is 1.18 bits per heavy atom. The summed E-state index contributed by atoms with van der Waals surface area (Å²) in [7, 11) is 1.21. The first kappa shape index (κ1) is 20.2. The van der Waals surface area contributed by atoms with Gasteiger partial charge in [-0.1, -0.05) is 36.0 Å². The minimum absolute atomic E-state index is 0.283. The van der Waals surface area contributed by atoms with Crippen LogP contribution < -0.4 is 0 Å². The second-order valence-electron chi connectivity index (χ2n) is 5.24. The van der Waals surface area contributed by atoms with Gasteiger partial charge in [-0.15, -0.1) is 0 Å². The van der Waals surface area contributed by atoms with Crippen molar-refractivity contribution < 1.29 is 19.4 Å². The van der Waals surface area contributed by atoms with Crippen LogP contribution in [-0.2, 0) is 14.3 Å². The molecule has 0 bridgehead atoms. The van der Waals surface area contributed by atoms with Crippen molar-refractivity contribution in [2.75, 3.05) is 7.11 Å². The van der Waals surface area contributed by atoms with Gasteiger partial charge in [-0.25, -0.2) is 0 Å². The quantitative estimate of drug-likeness (QED) is 0.203. The van der Waals surface area contributed by atoms with Gasteiger partial charge < -0.3 is 9.84 Å². The third-order valence-electron chi connectivity index (χ3n) is 3.36. The number of carbonyl (C=O) groups excluding carboxylic acids is 1. The van der Waals surface area contributed by atoms with Crippen LogP contribution in [-0.4, -0.2) is 24.2 Å². The fraction of sp³-hybridized carbons (Fsp3) is 0.556. The molecule has 0 aromatic heterocycles. The zero-order valence-electron chi connectivity index (χ0n) is 13.9. The standard InChI is InChI=1S/C18H28O4/c1-4-5-6-7-8-9-10-12-15(2)13-11-14-16(17(19)20)18(21)22-3/h4-7,13,16H,8-12,14H2,1-3H3,(H,19,20). The molecular formula is C18H28O4. The van der Waals surface area contributed by atoms with E-state index in [1.165, 1.54) is 12.7 Å². The lowest BCUT2D eigenvalue weighted by molar-refractivity contribution is -0.156. The van der Waals surface area contributed by atoms with Crippen molar-refractivity contribution in [1.29, 1.82) is 0 Å². The van der Waals surface area contributed by atoms with E-state index in [9.17, 15) is 9.59 Å². The molecular weight excluding hydrogens is 280 g/mol. The summed E-state index contributed by atoms with van der Waals surface area (Å²) in [5.74, 6) is -2.86. The number of hydrogen-bond donors (Lipinski definition) is 1. The number of hydrogen-bond acceptors (Lipinski definition) is 3. The Bertz CT molecular complexity index is 419. The number of carboxylic acid groups (broad SMARTS) is 1. The van der Waals surface area contributed by atoms with E-state index in [-0.39, 0.29) is 6.42 Å². The molecule has 124 valence electrons. The van der Waals surface area contributed by atoms with Gasteiger partial charge >= 0.3 is 11.9 Å². The summed E-state index contributed by atoms with van der Waals surface area (Å²) < 4.78 is 4.50. The van der Waals surface area contributed by atoms with Crippen molar-refractivity contribution in [1.82, 2.24) is 0 Å². The Morgan fingerprint density at radius 2 is 1.91 bits per heavy atom. The maximum Gasteiger partial charge on any atom is 0.320 e. The number of allylic oxidation sites excluding steroid dienone is 6. The second-order valence-corrected chi connectivity index (χ2v) is 5.24. The van der Waals surface area contributed by atoms with Crippen LogP contribution >= 0.6 is 0 Å². The van der Waals surface area contributed by atoms with E-state index in [2.05, 4.69) is 16.9 Å². The average Bonchev–Trinajstić information content (AvgIpc) is 2.49. The summed E-state index contributed by atoms with van der Waals surface area (Å²) in [5, 5.41) is 8.97. The zero-order valence-corrected chi connectivity index (χ0v) is 13.9. The van der Waals surface area contributed by atoms with E-state index in [0.29, 0.717) is 6.42 Å². The molecule has 22 heavy (non-hydrogen) atoms. The fourth-order valence-corrected chi connectivity index (χ4v) is 2.03. The second kappa shape index (κ2) is 12.9. The van der Waals surface area contributed by atoms with Gasteiger partial charge in [0.15, 0.2) is 5.92 Å². The van der Waals surface area contributed by atoms with Crippen LogP contribution in [0.4, 0.5) is 0 Å². The molecule has 0 saturated carbocycles. The number of unbranched alkanes of at least 4 members (excludes halogenated alkanes) is 2. The molecule has 0 aliphatic heterocycles. The number of aliphatic carboxylic acids is 1. The molecule has 0 radical (unpaired) electrons. The summed E-state index contributed by atoms with van der Waals surface area (Å²) in [6.45, 7) is 4.04. The summed E-state index contributed by atoms with van der Waals surface area (Å²) >= 11 is 0. The maximum absolute atomic E-state index is 11.3. The minimum Gasteiger partial charge on any atom is -0.481 e. The Labute approximate surface area is 133 Å². The summed E-state index contributed by atoms with van der Waals surface area (Å²) in [6.07, 6.45) is 15.5. The Morgan fingerprint density at radius 3 is 2.50 bits per heavy atom. The van der Waals surface area contributed by atoms with E-state index in [0.717, 1.165) is 25.7 Å². The molecule has 0 rings (SSSR count). The highest BCUT2D eigenvalue weighted by Gasteiger charge is 2.25. The predicted octanol–water partition coefficient (Wildman–Crippen LogP) is 4.28. The highest BCUT2D eigenvalue weighted by atomic mass is 16.5. The summed E-state index contributed by atoms with van der Waals surface area (Å²) in [5.41, 5.74) is 1.24. The highest BCUT2D eigenvalue weighted by Crippen LogP contribution is 2.14. The number of rotatable bonds is 11. The van der Waals surface area contributed by atoms with Gasteiger partial charge in [0.05, 0.1) is 7.11 Å². The SMILES string of the molecule is CC=CC=CCCCCC(C)=CCCC(C(=O)O)C(=O)OC. The Kier molecular flexibility index (Phi) is 11.8. The Hall–Kier alpha value is -1.84. The van der Waals surface area contributed by atoms with Gasteiger partial charge in [0.25, 0.3) is 0 Å². The lowest BCUT2D eigenvalue weighted by atomic mass is 10.0. The molecule has 0 amide bonds. The van der Waals surface area contributed by atoms with Crippen molar-refractivity contribution in [2.24, 2.45) is 5.92 Å². The predicted molar refractivity (Wildman–Crippen MR) is 88.6 cm³/mol. The van der Waals surface area contributed by atoms with Crippen LogP contribution in [0.1, 0.15) is 52.4 Å². The lowest BCUT2D eigenvalue weighted by Crippen LogP contribution is -2.24. The van der Waals surface area contributed by atoms with Crippen molar-refractivity contribution in [2.45, 2.75) is 52.4 Å². The monoisotopic (exact) mass is 308 g/mol. The van der Waals surface area contributed by atoms with Gasteiger partial charge in [0.1, 0.15) is 0 Å². The zero-order chi connectivity index (χ0) is 16.8. The smallest absolute Gasteiger partial charge is 0.320 e. The molecule has 0 aromatic carbocycles. The first-order valence-electron chi connectivity index (χ1n) is 7.77. The molecule has 4 heteroatoms. The van der Waals surface area contributed by atoms with Gasteiger partial charge in [-0.3, -0.25) is 9.59 Å². The van der Waals surface area contributed by atoms with Crippen LogP contribution in [0.25, 0.3) is 0 Å². The normalized spacial score (nSPS) is 13.7. The van der Waals surface area contributed by atoms with Gasteiger partial charge in [-0.05, 0) is 52.4 Å². The van der Waals surface area contributed by atoms with Crippen LogP contribution in [0, 0.1) is 5.92 Å². The van der Waals surface area contributed by atoms with Gasteiger partial charge in [0.2, 0.25) is 0 Å².